The molecule has 2 aromatic rings. The van der Waals surface area contributed by atoms with Crippen LogP contribution in [0.5, 0.6) is 0 Å². The van der Waals surface area contributed by atoms with Crippen molar-refractivity contribution in [3.05, 3.63) is 51.3 Å². The number of aromatic carboxylic acids is 1. The Hall–Kier alpha value is -2.15. The molecule has 0 saturated heterocycles. The van der Waals surface area contributed by atoms with Gasteiger partial charge in [0.05, 0.1) is 5.69 Å². The molecule has 0 saturated carbocycles. The summed E-state index contributed by atoms with van der Waals surface area (Å²) < 4.78 is 0. The van der Waals surface area contributed by atoms with Gasteiger partial charge in [0.1, 0.15) is 10.6 Å². The lowest BCUT2D eigenvalue weighted by Gasteiger charge is -2.07. The Labute approximate surface area is 119 Å². The van der Waals surface area contributed by atoms with E-state index in [-0.39, 0.29) is 10.6 Å². The Balaban J connectivity index is 2.32. The molecule has 0 atom stereocenters. The summed E-state index contributed by atoms with van der Waals surface area (Å²) in [6.07, 6.45) is 1.68. The molecule has 0 fully saturated rings. The van der Waals surface area contributed by atoms with Crippen LogP contribution in [0.4, 0.5) is 0 Å². The van der Waals surface area contributed by atoms with Gasteiger partial charge >= 0.3 is 11.7 Å². The zero-order valence-electron chi connectivity index (χ0n) is 11.0. The van der Waals surface area contributed by atoms with Crippen molar-refractivity contribution in [1.82, 2.24) is 15.0 Å². The third kappa shape index (κ3) is 3.05. The molecule has 2 aromatic heterocycles. The molecule has 2 N–H and O–H groups in total. The molecule has 0 aromatic carbocycles. The average molecular weight is 291 g/mol. The predicted molar refractivity (Wildman–Crippen MR) is 75.1 cm³/mol. The fourth-order valence-corrected chi connectivity index (χ4v) is 2.83. The first kappa shape index (κ1) is 14.3. The van der Waals surface area contributed by atoms with Gasteiger partial charge in [0.25, 0.3) is 0 Å². The van der Waals surface area contributed by atoms with Gasteiger partial charge in [-0.1, -0.05) is 17.8 Å². The normalized spacial score (nSPS) is 10.5. The molecule has 20 heavy (non-hydrogen) atoms. The summed E-state index contributed by atoms with van der Waals surface area (Å²) >= 11 is 1.20. The Bertz CT molecular complexity index is 712. The van der Waals surface area contributed by atoms with Gasteiger partial charge in [-0.05, 0) is 25.5 Å². The molecule has 2 heterocycles. The lowest BCUT2D eigenvalue weighted by Crippen LogP contribution is -2.18. The second-order valence-corrected chi connectivity index (χ2v) is 5.17. The summed E-state index contributed by atoms with van der Waals surface area (Å²) in [5, 5.41) is 9.41. The van der Waals surface area contributed by atoms with Crippen LogP contribution in [0.25, 0.3) is 0 Å². The maximum absolute atomic E-state index is 11.4. The highest BCUT2D eigenvalue weighted by Gasteiger charge is 2.17. The smallest absolute Gasteiger partial charge is 0.346 e. The highest BCUT2D eigenvalue weighted by atomic mass is 32.2. The van der Waals surface area contributed by atoms with Crippen LogP contribution in [-0.4, -0.2) is 26.0 Å². The highest BCUT2D eigenvalue weighted by Crippen LogP contribution is 2.24. The topological polar surface area (TPSA) is 95.9 Å². The van der Waals surface area contributed by atoms with Gasteiger partial charge in [-0.15, -0.1) is 0 Å². The lowest BCUT2D eigenvalue weighted by molar-refractivity contribution is 0.0690. The maximum atomic E-state index is 11.4. The fourth-order valence-electron chi connectivity index (χ4n) is 1.72. The van der Waals surface area contributed by atoms with Gasteiger partial charge in [0.15, 0.2) is 0 Å². The number of hydrogen-bond acceptors (Lipinski definition) is 5. The van der Waals surface area contributed by atoms with Crippen LogP contribution in [-0.2, 0) is 5.75 Å². The van der Waals surface area contributed by atoms with Crippen LogP contribution in [0.1, 0.15) is 27.3 Å². The van der Waals surface area contributed by atoms with E-state index in [1.54, 1.807) is 13.1 Å². The van der Waals surface area contributed by atoms with Gasteiger partial charge in [-0.3, -0.25) is 4.98 Å². The maximum Gasteiger partial charge on any atom is 0.346 e. The molecule has 0 aliphatic rings. The van der Waals surface area contributed by atoms with Gasteiger partial charge in [0, 0.05) is 17.6 Å². The van der Waals surface area contributed by atoms with E-state index in [0.29, 0.717) is 11.4 Å². The van der Waals surface area contributed by atoms with Crippen molar-refractivity contribution < 1.29 is 9.90 Å². The largest absolute Gasteiger partial charge is 0.478 e. The number of aryl methyl sites for hydroxylation is 2. The van der Waals surface area contributed by atoms with Gasteiger partial charge < -0.3 is 10.1 Å². The summed E-state index contributed by atoms with van der Waals surface area (Å²) in [4.78, 5) is 33.0. The number of rotatable bonds is 4. The van der Waals surface area contributed by atoms with Crippen LogP contribution in [0.3, 0.4) is 0 Å². The number of aromatic nitrogens is 3. The number of nitrogens with zero attached hydrogens (tertiary/aromatic N) is 2. The number of hydrogen-bond donors (Lipinski definition) is 2. The van der Waals surface area contributed by atoms with Gasteiger partial charge in [-0.25, -0.2) is 9.59 Å². The standard InChI is InChI=1S/C13H13N3O3S/c1-7-4-3-5-14-9(7)6-20-11-10(12(17)18)8(2)15-13(19)16-11/h3-5H,6H2,1-2H3,(H,17,18)(H,15,16,19). The van der Waals surface area contributed by atoms with Gasteiger partial charge in [0.2, 0.25) is 0 Å². The number of carboxylic acids is 1. The Morgan fingerprint density at radius 1 is 1.45 bits per heavy atom. The number of thioether (sulfide) groups is 1. The van der Waals surface area contributed by atoms with E-state index in [2.05, 4.69) is 15.0 Å². The van der Waals surface area contributed by atoms with Crippen molar-refractivity contribution in [3.8, 4) is 0 Å². The molecule has 0 unspecified atom stereocenters. The number of nitrogens with one attached hydrogen (secondary N) is 1. The minimum Gasteiger partial charge on any atom is -0.478 e. The second-order valence-electron chi connectivity index (χ2n) is 4.21. The number of aromatic amines is 1. The molecule has 0 amide bonds. The summed E-state index contributed by atoms with van der Waals surface area (Å²) in [5.74, 6) is -0.644. The summed E-state index contributed by atoms with van der Waals surface area (Å²) in [5.41, 5.74) is 1.64. The minimum atomic E-state index is -1.11. The molecular formula is C13H13N3O3S. The third-order valence-electron chi connectivity index (χ3n) is 2.76. The van der Waals surface area contributed by atoms with E-state index in [1.165, 1.54) is 11.8 Å². The molecule has 0 radical (unpaired) electrons. The van der Waals surface area contributed by atoms with Crippen molar-refractivity contribution in [2.24, 2.45) is 0 Å². The quantitative estimate of drug-likeness (QED) is 0.658. The molecule has 0 bridgehead atoms. The van der Waals surface area contributed by atoms with E-state index in [4.69, 9.17) is 0 Å². The molecule has 0 spiro atoms. The number of carboxylic acid groups (broad SMARTS) is 1. The van der Waals surface area contributed by atoms with E-state index in [1.807, 2.05) is 19.1 Å². The summed E-state index contributed by atoms with van der Waals surface area (Å²) in [7, 11) is 0. The first-order valence-electron chi connectivity index (χ1n) is 5.86. The lowest BCUT2D eigenvalue weighted by atomic mass is 10.2. The number of H-pyrrole nitrogens is 1. The third-order valence-corrected chi connectivity index (χ3v) is 3.75. The highest BCUT2D eigenvalue weighted by molar-refractivity contribution is 7.98. The number of pyridine rings is 1. The molecule has 0 aliphatic carbocycles. The van der Waals surface area contributed by atoms with E-state index < -0.39 is 11.7 Å². The van der Waals surface area contributed by atoms with Crippen molar-refractivity contribution >= 4 is 17.7 Å². The molecule has 6 nitrogen and oxygen atoms in total. The Morgan fingerprint density at radius 2 is 2.20 bits per heavy atom. The Kier molecular flexibility index (Phi) is 4.19. The minimum absolute atomic E-state index is 0.0307. The first-order valence-corrected chi connectivity index (χ1v) is 6.85. The van der Waals surface area contributed by atoms with Crippen LogP contribution < -0.4 is 5.69 Å². The number of carbonyl (C=O) groups is 1. The van der Waals surface area contributed by atoms with Crippen molar-refractivity contribution in [3.63, 3.8) is 0 Å². The predicted octanol–water partition coefficient (Wildman–Crippen LogP) is 1.77. The van der Waals surface area contributed by atoms with Crippen molar-refractivity contribution in [2.45, 2.75) is 24.6 Å². The van der Waals surface area contributed by atoms with E-state index >= 15 is 0 Å². The fraction of sp³-hybridized carbons (Fsp3) is 0.231. The second kappa shape index (κ2) is 5.87. The summed E-state index contributed by atoms with van der Waals surface area (Å²) in [6.45, 7) is 3.47. The van der Waals surface area contributed by atoms with Crippen LogP contribution in [0.15, 0.2) is 28.2 Å². The van der Waals surface area contributed by atoms with Crippen molar-refractivity contribution in [2.75, 3.05) is 0 Å². The van der Waals surface area contributed by atoms with E-state index in [0.717, 1.165) is 11.3 Å². The molecule has 0 aliphatic heterocycles. The monoisotopic (exact) mass is 291 g/mol. The average Bonchev–Trinajstić information content (AvgIpc) is 2.36. The zero-order chi connectivity index (χ0) is 14.7. The molecule has 104 valence electrons. The van der Waals surface area contributed by atoms with Crippen LogP contribution >= 0.6 is 11.8 Å². The molecule has 2 rings (SSSR count). The molecule has 7 heteroatoms. The van der Waals surface area contributed by atoms with Crippen LogP contribution in [0.2, 0.25) is 0 Å². The summed E-state index contributed by atoms with van der Waals surface area (Å²) in [6, 6.07) is 3.76. The molecular weight excluding hydrogens is 278 g/mol. The van der Waals surface area contributed by atoms with Gasteiger partial charge in [-0.2, -0.15) is 4.98 Å². The van der Waals surface area contributed by atoms with Crippen molar-refractivity contribution in [1.29, 1.82) is 0 Å². The van der Waals surface area contributed by atoms with E-state index in [9.17, 15) is 14.7 Å². The first-order chi connectivity index (χ1) is 9.49. The SMILES string of the molecule is Cc1cccnc1CSc1nc(=O)[nH]c(C)c1C(=O)O. The zero-order valence-corrected chi connectivity index (χ0v) is 11.8. The van der Waals surface area contributed by atoms with Crippen LogP contribution in [0, 0.1) is 13.8 Å². The Morgan fingerprint density at radius 3 is 2.85 bits per heavy atom.